The van der Waals surface area contributed by atoms with Gasteiger partial charge in [0.2, 0.25) is 0 Å². The third-order valence-corrected chi connectivity index (χ3v) is 4.42. The molecule has 2 N–H and O–H groups in total. The molecule has 3 heteroatoms. The second-order valence-corrected chi connectivity index (χ2v) is 5.69. The Morgan fingerprint density at radius 1 is 0.826 bits per heavy atom. The van der Waals surface area contributed by atoms with E-state index in [9.17, 15) is 4.79 Å². The van der Waals surface area contributed by atoms with Gasteiger partial charge in [0.1, 0.15) is 5.70 Å². The number of carbonyl (C=O) groups excluding carboxylic acids is 1. The van der Waals surface area contributed by atoms with Crippen molar-refractivity contribution in [1.82, 2.24) is 10.9 Å². The van der Waals surface area contributed by atoms with Crippen LogP contribution in [0.3, 0.4) is 0 Å². The third-order valence-electron chi connectivity index (χ3n) is 4.42. The summed E-state index contributed by atoms with van der Waals surface area (Å²) >= 11 is 0. The summed E-state index contributed by atoms with van der Waals surface area (Å²) in [6, 6.07) is 20.8. The van der Waals surface area contributed by atoms with Crippen LogP contribution in [0.1, 0.15) is 11.1 Å². The van der Waals surface area contributed by atoms with Crippen molar-refractivity contribution in [2.24, 2.45) is 0 Å². The summed E-state index contributed by atoms with van der Waals surface area (Å²) < 4.78 is 0. The fraction of sp³-hybridized carbons (Fsp3) is 0.0500. The normalized spacial score (nSPS) is 17.8. The van der Waals surface area contributed by atoms with E-state index in [0.717, 1.165) is 17.6 Å². The number of carbonyl (C=O) groups is 1. The molecule has 0 unspecified atom stereocenters. The molecule has 112 valence electrons. The second kappa shape index (κ2) is 5.29. The molecule has 4 rings (SSSR count). The van der Waals surface area contributed by atoms with Gasteiger partial charge in [0.15, 0.2) is 6.29 Å². The Hall–Kier alpha value is -3.07. The van der Waals surface area contributed by atoms with E-state index in [1.165, 1.54) is 11.1 Å². The molecule has 0 atom stereocenters. The zero-order valence-corrected chi connectivity index (χ0v) is 12.5. The number of rotatable bonds is 3. The van der Waals surface area contributed by atoms with Crippen molar-refractivity contribution < 1.29 is 4.79 Å². The topological polar surface area (TPSA) is 41.1 Å². The molecule has 2 aromatic carbocycles. The van der Waals surface area contributed by atoms with Crippen LogP contribution < -0.4 is 10.9 Å². The van der Waals surface area contributed by atoms with Gasteiger partial charge in [-0.3, -0.25) is 10.2 Å². The fourth-order valence-corrected chi connectivity index (χ4v) is 3.24. The van der Waals surface area contributed by atoms with Crippen LogP contribution in [0.4, 0.5) is 0 Å². The Labute approximate surface area is 135 Å². The average Bonchev–Trinajstić information content (AvgIpc) is 3.05. The molecule has 3 nitrogen and oxygen atoms in total. The standard InChI is InChI=1S/C20H16N2O/c23-14-19-17-11-12-20(13-18(17)21-22-19,15-7-3-1-4-8-15)16-9-5-2-6-10-16/h1-14,21-22H. The Bertz CT molecular complexity index is 793. The van der Waals surface area contributed by atoms with Gasteiger partial charge in [-0.2, -0.15) is 0 Å². The van der Waals surface area contributed by atoms with Crippen molar-refractivity contribution in [3.05, 3.63) is 107 Å². The lowest BCUT2D eigenvalue weighted by Gasteiger charge is -2.32. The number of hydrazine groups is 1. The van der Waals surface area contributed by atoms with Crippen molar-refractivity contribution in [3.8, 4) is 0 Å². The number of aldehydes is 1. The van der Waals surface area contributed by atoms with Crippen LogP contribution in [0.2, 0.25) is 0 Å². The number of allylic oxidation sites excluding steroid dienone is 4. The van der Waals surface area contributed by atoms with E-state index in [4.69, 9.17) is 0 Å². The lowest BCUT2D eigenvalue weighted by Crippen LogP contribution is -2.29. The summed E-state index contributed by atoms with van der Waals surface area (Å²) in [5.74, 6) is 0. The minimum atomic E-state index is -0.353. The van der Waals surface area contributed by atoms with Gasteiger partial charge >= 0.3 is 0 Å². The van der Waals surface area contributed by atoms with Crippen LogP contribution in [0.5, 0.6) is 0 Å². The molecule has 0 bridgehead atoms. The van der Waals surface area contributed by atoms with Crippen molar-refractivity contribution in [2.75, 3.05) is 0 Å². The lowest BCUT2D eigenvalue weighted by atomic mass is 9.71. The average molecular weight is 300 g/mol. The first-order valence-corrected chi connectivity index (χ1v) is 7.58. The van der Waals surface area contributed by atoms with E-state index in [0.29, 0.717) is 5.70 Å². The molecular formula is C20H16N2O. The molecule has 0 saturated carbocycles. The molecule has 2 aromatic rings. The summed E-state index contributed by atoms with van der Waals surface area (Å²) in [4.78, 5) is 11.1. The van der Waals surface area contributed by atoms with Crippen LogP contribution >= 0.6 is 0 Å². The van der Waals surface area contributed by atoms with Crippen LogP contribution in [-0.4, -0.2) is 6.29 Å². The second-order valence-electron chi connectivity index (χ2n) is 5.69. The summed E-state index contributed by atoms with van der Waals surface area (Å²) in [5, 5.41) is 0. The highest BCUT2D eigenvalue weighted by molar-refractivity contribution is 5.79. The van der Waals surface area contributed by atoms with E-state index < -0.39 is 0 Å². The third kappa shape index (κ3) is 2.09. The van der Waals surface area contributed by atoms with E-state index in [-0.39, 0.29) is 5.41 Å². The van der Waals surface area contributed by atoms with Gasteiger partial charge in [-0.05, 0) is 17.2 Å². The van der Waals surface area contributed by atoms with Crippen LogP contribution in [0, 0.1) is 0 Å². The molecule has 0 aromatic heterocycles. The predicted molar refractivity (Wildman–Crippen MR) is 90.2 cm³/mol. The number of fused-ring (bicyclic) bond motifs is 1. The Kier molecular flexibility index (Phi) is 3.12. The highest BCUT2D eigenvalue weighted by Crippen LogP contribution is 2.41. The maximum absolute atomic E-state index is 11.1. The smallest absolute Gasteiger partial charge is 0.168 e. The van der Waals surface area contributed by atoms with Gasteiger partial charge in [0.25, 0.3) is 0 Å². The van der Waals surface area contributed by atoms with Gasteiger partial charge in [-0.25, -0.2) is 0 Å². The summed E-state index contributed by atoms with van der Waals surface area (Å²) in [6.45, 7) is 0. The Morgan fingerprint density at radius 3 is 2.00 bits per heavy atom. The van der Waals surface area contributed by atoms with Crippen molar-refractivity contribution in [2.45, 2.75) is 5.41 Å². The molecule has 0 radical (unpaired) electrons. The van der Waals surface area contributed by atoms with Gasteiger partial charge in [-0.1, -0.05) is 72.8 Å². The van der Waals surface area contributed by atoms with Crippen LogP contribution in [0.25, 0.3) is 0 Å². The number of benzene rings is 2. The molecule has 0 amide bonds. The van der Waals surface area contributed by atoms with E-state index in [2.05, 4.69) is 71.5 Å². The maximum Gasteiger partial charge on any atom is 0.168 e. The van der Waals surface area contributed by atoms with Gasteiger partial charge < -0.3 is 5.43 Å². The summed E-state index contributed by atoms with van der Waals surface area (Å²) in [7, 11) is 0. The highest BCUT2D eigenvalue weighted by atomic mass is 16.1. The molecule has 2 aliphatic rings. The number of nitrogens with one attached hydrogen (secondary N) is 2. The fourth-order valence-electron chi connectivity index (χ4n) is 3.24. The lowest BCUT2D eigenvalue weighted by molar-refractivity contribution is -0.105. The summed E-state index contributed by atoms with van der Waals surface area (Å²) in [5.41, 5.74) is 10.5. The minimum Gasteiger partial charge on any atom is -0.300 e. The molecule has 1 heterocycles. The molecule has 1 aliphatic carbocycles. The van der Waals surface area contributed by atoms with Gasteiger partial charge in [0.05, 0.1) is 11.1 Å². The first kappa shape index (κ1) is 13.6. The molecule has 1 aliphatic heterocycles. The van der Waals surface area contributed by atoms with Crippen molar-refractivity contribution in [1.29, 1.82) is 0 Å². The van der Waals surface area contributed by atoms with Crippen molar-refractivity contribution in [3.63, 3.8) is 0 Å². The van der Waals surface area contributed by atoms with Gasteiger partial charge in [0, 0.05) is 5.57 Å². The van der Waals surface area contributed by atoms with E-state index in [1.54, 1.807) is 0 Å². The van der Waals surface area contributed by atoms with Crippen LogP contribution in [0.15, 0.2) is 95.9 Å². The van der Waals surface area contributed by atoms with Gasteiger partial charge in [-0.15, -0.1) is 0 Å². The van der Waals surface area contributed by atoms with Crippen LogP contribution in [-0.2, 0) is 10.2 Å². The monoisotopic (exact) mass is 300 g/mol. The minimum absolute atomic E-state index is 0.353. The Morgan fingerprint density at radius 2 is 1.43 bits per heavy atom. The molecule has 0 saturated heterocycles. The molecule has 0 fully saturated rings. The first-order valence-electron chi connectivity index (χ1n) is 7.58. The Balaban J connectivity index is 1.94. The zero-order chi connectivity index (χ0) is 15.7. The van der Waals surface area contributed by atoms with Crippen molar-refractivity contribution >= 4 is 6.29 Å². The number of hydrogen-bond donors (Lipinski definition) is 2. The van der Waals surface area contributed by atoms with E-state index >= 15 is 0 Å². The van der Waals surface area contributed by atoms with E-state index in [1.807, 2.05) is 18.2 Å². The highest BCUT2D eigenvalue weighted by Gasteiger charge is 2.34. The maximum atomic E-state index is 11.1. The molecular weight excluding hydrogens is 284 g/mol. The quantitative estimate of drug-likeness (QED) is 0.856. The first-order chi connectivity index (χ1) is 11.3. The number of hydrogen-bond acceptors (Lipinski definition) is 3. The predicted octanol–water partition coefficient (Wildman–Crippen LogP) is 2.99. The summed E-state index contributed by atoms with van der Waals surface area (Å²) in [6.07, 6.45) is 7.20. The molecule has 23 heavy (non-hydrogen) atoms. The molecule has 0 spiro atoms. The zero-order valence-electron chi connectivity index (χ0n) is 12.5. The largest absolute Gasteiger partial charge is 0.300 e. The SMILES string of the molecule is O=CC1=C2C=CC(c3ccccc3)(c3ccccc3)C=C2NN1.